The van der Waals surface area contributed by atoms with E-state index in [0.717, 1.165) is 0 Å². The maximum absolute atomic E-state index is 9.56. The van der Waals surface area contributed by atoms with Crippen molar-refractivity contribution in [1.82, 2.24) is 0 Å². The zero-order valence-corrected chi connectivity index (χ0v) is 8.40. The molecule has 0 spiro atoms. The fraction of sp³-hybridized carbons (Fsp3) is 0.667. The quantitative estimate of drug-likeness (QED) is 0.290. The minimum Gasteiger partial charge on any atom is -0.617 e. The number of hydrogen-bond donors (Lipinski definition) is 1. The maximum atomic E-state index is 9.56. The molecule has 0 heterocycles. The normalized spacial score (nSPS) is 6.67. The van der Waals surface area contributed by atoms with Gasteiger partial charge >= 0.3 is 29.6 Å². The summed E-state index contributed by atoms with van der Waals surface area (Å²) in [5, 5.41) is 15.3. The van der Waals surface area contributed by atoms with Crippen molar-refractivity contribution in [3.8, 4) is 0 Å². The van der Waals surface area contributed by atoms with Gasteiger partial charge in [0.25, 0.3) is 0 Å². The Bertz CT molecular complexity index is 60.1. The van der Waals surface area contributed by atoms with Crippen molar-refractivity contribution in [1.29, 1.82) is 0 Å². The summed E-state index contributed by atoms with van der Waals surface area (Å²) in [4.78, 5) is 8.44. The van der Waals surface area contributed by atoms with Gasteiger partial charge in [0, 0.05) is 0 Å². The van der Waals surface area contributed by atoms with E-state index < -0.39 is 17.3 Å². The molecule has 0 aromatic rings. The second kappa shape index (κ2) is 11.4. The third-order valence-electron chi connectivity index (χ3n) is 0. The Hall–Kier alpha value is 0.580. The van der Waals surface area contributed by atoms with E-state index in [0.29, 0.717) is 0 Å². The zero-order valence-electron chi connectivity index (χ0n) is 5.58. The van der Waals surface area contributed by atoms with Crippen molar-refractivity contribution in [2.24, 2.45) is 0 Å². The van der Waals surface area contributed by atoms with Crippen molar-refractivity contribution in [3.05, 3.63) is 0 Å². The van der Waals surface area contributed by atoms with E-state index in [-0.39, 0.29) is 29.6 Å². The fourth-order valence-electron chi connectivity index (χ4n) is 0. The van der Waals surface area contributed by atoms with Crippen LogP contribution < -0.4 is 34.7 Å². The SMILES string of the molecule is C[S+](C)[O-].O=C([O-])O.[Na+]. The monoisotopic (exact) mass is 162 g/mol. The molecule has 50 valence electrons. The van der Waals surface area contributed by atoms with E-state index in [1.165, 1.54) is 0 Å². The molecule has 0 aromatic heterocycles. The van der Waals surface area contributed by atoms with E-state index in [1.54, 1.807) is 12.5 Å². The Balaban J connectivity index is -0.0000000720. The summed E-state index contributed by atoms with van der Waals surface area (Å²) < 4.78 is 9.56. The van der Waals surface area contributed by atoms with Gasteiger partial charge in [-0.3, -0.25) is 0 Å². The third kappa shape index (κ3) is 1100. The van der Waals surface area contributed by atoms with Crippen LogP contribution in [0.15, 0.2) is 0 Å². The van der Waals surface area contributed by atoms with Gasteiger partial charge < -0.3 is 19.6 Å². The summed E-state index contributed by atoms with van der Waals surface area (Å²) >= 11 is -0.611. The summed E-state index contributed by atoms with van der Waals surface area (Å²) in [5.74, 6) is 0. The Kier molecular flexibility index (Phi) is 20.6. The molecule has 9 heavy (non-hydrogen) atoms. The van der Waals surface area contributed by atoms with Crippen LogP contribution in [-0.4, -0.2) is 28.3 Å². The molecule has 4 nitrogen and oxygen atoms in total. The number of carboxylic acid groups (broad SMARTS) is 2. The van der Waals surface area contributed by atoms with E-state index >= 15 is 0 Å². The molecule has 1 N–H and O–H groups in total. The molecular weight excluding hydrogens is 155 g/mol. The van der Waals surface area contributed by atoms with Gasteiger partial charge in [-0.15, -0.1) is 0 Å². The minimum atomic E-state index is -2.08. The fourth-order valence-corrected chi connectivity index (χ4v) is 0. The first kappa shape index (κ1) is 16.3. The van der Waals surface area contributed by atoms with Crippen molar-refractivity contribution in [2.45, 2.75) is 0 Å². The van der Waals surface area contributed by atoms with E-state index in [2.05, 4.69) is 0 Å². The topological polar surface area (TPSA) is 83.4 Å². The Morgan fingerprint density at radius 2 is 1.56 bits per heavy atom. The van der Waals surface area contributed by atoms with Crippen LogP contribution in [0.2, 0.25) is 0 Å². The minimum absolute atomic E-state index is 0. The van der Waals surface area contributed by atoms with E-state index in [1.807, 2.05) is 0 Å². The molecule has 0 unspecified atom stereocenters. The molecule has 0 aliphatic rings. The van der Waals surface area contributed by atoms with Crippen LogP contribution in [0.1, 0.15) is 0 Å². The summed E-state index contributed by atoms with van der Waals surface area (Å²) in [6, 6.07) is 0. The molecule has 0 saturated carbocycles. The van der Waals surface area contributed by atoms with Crippen molar-refractivity contribution >= 4 is 17.3 Å². The molecule has 0 atom stereocenters. The molecule has 0 saturated heterocycles. The largest absolute Gasteiger partial charge is 1.00 e. The van der Waals surface area contributed by atoms with E-state index in [9.17, 15) is 4.55 Å². The first-order chi connectivity index (χ1) is 3.46. The first-order valence-electron chi connectivity index (χ1n) is 1.62. The molecular formula is C3H7NaO4S. The van der Waals surface area contributed by atoms with Gasteiger partial charge in [-0.2, -0.15) is 0 Å². The second-order valence-corrected chi connectivity index (χ2v) is 2.49. The molecule has 0 aromatic carbocycles. The van der Waals surface area contributed by atoms with Crippen molar-refractivity contribution in [3.63, 3.8) is 0 Å². The maximum Gasteiger partial charge on any atom is 1.00 e. The van der Waals surface area contributed by atoms with Gasteiger partial charge in [-0.25, -0.2) is 0 Å². The second-order valence-electron chi connectivity index (χ2n) is 1.01. The van der Waals surface area contributed by atoms with Gasteiger partial charge in [0.2, 0.25) is 6.16 Å². The van der Waals surface area contributed by atoms with Crippen LogP contribution in [0.3, 0.4) is 0 Å². The van der Waals surface area contributed by atoms with Crippen LogP contribution in [0.4, 0.5) is 4.79 Å². The van der Waals surface area contributed by atoms with Crippen LogP contribution in [0, 0.1) is 0 Å². The van der Waals surface area contributed by atoms with Crippen LogP contribution in [0.5, 0.6) is 0 Å². The average molecular weight is 162 g/mol. The van der Waals surface area contributed by atoms with Crippen LogP contribution in [-0.2, 0) is 11.2 Å². The smallest absolute Gasteiger partial charge is 0.617 e. The number of rotatable bonds is 0. The summed E-state index contributed by atoms with van der Waals surface area (Å²) in [6.07, 6.45) is 1.19. The van der Waals surface area contributed by atoms with Crippen LogP contribution in [0.25, 0.3) is 0 Å². The summed E-state index contributed by atoms with van der Waals surface area (Å²) in [7, 11) is 0. The molecule has 6 heteroatoms. The van der Waals surface area contributed by atoms with Gasteiger partial charge in [0.15, 0.2) is 0 Å². The predicted molar refractivity (Wildman–Crippen MR) is 28.0 cm³/mol. The molecule has 0 rings (SSSR count). The van der Waals surface area contributed by atoms with Gasteiger partial charge in [-0.05, 0) is 0 Å². The van der Waals surface area contributed by atoms with Crippen molar-refractivity contribution < 1.29 is 49.1 Å². The number of carbonyl (C=O) groups is 1. The molecule has 0 amide bonds. The molecule has 0 radical (unpaired) electrons. The summed E-state index contributed by atoms with van der Waals surface area (Å²) in [6.45, 7) is 0. The molecule has 0 aliphatic carbocycles. The third-order valence-corrected chi connectivity index (χ3v) is 0. The molecule has 0 aliphatic heterocycles. The first-order valence-corrected chi connectivity index (χ1v) is 3.58. The number of hydrogen-bond acceptors (Lipinski definition) is 3. The summed E-state index contributed by atoms with van der Waals surface area (Å²) in [5.41, 5.74) is 0. The van der Waals surface area contributed by atoms with Gasteiger partial charge in [-0.1, -0.05) is 11.2 Å². The Labute approximate surface area is 78.7 Å². The standard InChI is InChI=1S/C2H6OS.CH2O3.Na/c1-4(2)3;2-1(3)4;/h1-2H3;(H2,2,3,4);/q;;+1/p-1. The molecule has 0 fully saturated rings. The van der Waals surface area contributed by atoms with E-state index in [4.69, 9.17) is 15.0 Å². The molecule has 0 bridgehead atoms. The Morgan fingerprint density at radius 1 is 1.56 bits per heavy atom. The predicted octanol–water partition coefficient (Wildman–Crippen LogP) is -4.11. The zero-order chi connectivity index (χ0) is 7.15. The van der Waals surface area contributed by atoms with Gasteiger partial charge in [0.05, 0.1) is 12.5 Å². The van der Waals surface area contributed by atoms with Crippen molar-refractivity contribution in [2.75, 3.05) is 12.5 Å². The average Bonchev–Trinajstić information content (AvgIpc) is 1.25. The van der Waals surface area contributed by atoms with Gasteiger partial charge in [0.1, 0.15) is 0 Å². The van der Waals surface area contributed by atoms with Crippen LogP contribution >= 0.6 is 0 Å². The Morgan fingerprint density at radius 3 is 1.56 bits per heavy atom.